The van der Waals surface area contributed by atoms with Crippen LogP contribution in [0.3, 0.4) is 0 Å². The molecule has 0 bridgehead atoms. The zero-order valence-electron chi connectivity index (χ0n) is 12.4. The molecule has 1 saturated heterocycles. The molecule has 4 heteroatoms. The van der Waals surface area contributed by atoms with Gasteiger partial charge in [0.15, 0.2) is 0 Å². The van der Waals surface area contributed by atoms with Crippen molar-refractivity contribution >= 4 is 5.91 Å². The van der Waals surface area contributed by atoms with E-state index in [4.69, 9.17) is 5.11 Å². The second kappa shape index (κ2) is 6.73. The molecule has 2 rings (SSSR count). The van der Waals surface area contributed by atoms with E-state index >= 15 is 0 Å². The number of hydrogen-bond acceptors (Lipinski definition) is 2. The summed E-state index contributed by atoms with van der Waals surface area (Å²) in [6, 6.07) is 3.99. The van der Waals surface area contributed by atoms with E-state index in [-0.39, 0.29) is 18.1 Å². The number of aliphatic hydroxyl groups is 1. The Bertz CT molecular complexity index is 586. The minimum atomic E-state index is -0.451. The average molecular weight is 289 g/mol. The van der Waals surface area contributed by atoms with Crippen molar-refractivity contribution in [1.82, 2.24) is 4.90 Å². The number of nitrogens with zero attached hydrogens (tertiary/aromatic N) is 1. The van der Waals surface area contributed by atoms with Gasteiger partial charge in [0.1, 0.15) is 12.4 Å². The van der Waals surface area contributed by atoms with E-state index in [1.54, 1.807) is 4.90 Å². The van der Waals surface area contributed by atoms with Crippen LogP contribution in [0.25, 0.3) is 0 Å². The first-order valence-electron chi connectivity index (χ1n) is 7.21. The van der Waals surface area contributed by atoms with Crippen molar-refractivity contribution < 1.29 is 14.3 Å². The Morgan fingerprint density at radius 1 is 1.52 bits per heavy atom. The maximum atomic E-state index is 13.5. The topological polar surface area (TPSA) is 40.5 Å². The van der Waals surface area contributed by atoms with Crippen LogP contribution in [0.5, 0.6) is 0 Å². The largest absolute Gasteiger partial charge is 0.384 e. The standard InChI is InChI=1S/C17H20FNO2/c1-12(2)14-7-8-19(11-14)17(21)16-10-15(18)6-5-13(16)4-3-9-20/h5-6,10,12,14,20H,7-9,11H2,1-2H3. The Labute approximate surface area is 124 Å². The summed E-state index contributed by atoms with van der Waals surface area (Å²) >= 11 is 0. The summed E-state index contributed by atoms with van der Waals surface area (Å²) in [5.41, 5.74) is 0.740. The van der Waals surface area contributed by atoms with Gasteiger partial charge in [-0.05, 0) is 36.5 Å². The number of benzene rings is 1. The van der Waals surface area contributed by atoms with Crippen molar-refractivity contribution in [2.75, 3.05) is 19.7 Å². The Balaban J connectivity index is 2.25. The van der Waals surface area contributed by atoms with Gasteiger partial charge in [0.05, 0.1) is 5.56 Å². The SMILES string of the molecule is CC(C)C1CCN(C(=O)c2cc(F)ccc2C#CCO)C1. The molecule has 1 aromatic carbocycles. The van der Waals surface area contributed by atoms with E-state index in [1.807, 2.05) is 0 Å². The van der Waals surface area contributed by atoms with Crippen molar-refractivity contribution in [2.24, 2.45) is 11.8 Å². The second-order valence-corrected chi connectivity index (χ2v) is 5.69. The van der Waals surface area contributed by atoms with Gasteiger partial charge in [-0.25, -0.2) is 4.39 Å². The molecule has 0 radical (unpaired) electrons. The van der Waals surface area contributed by atoms with Crippen LogP contribution in [-0.4, -0.2) is 35.6 Å². The van der Waals surface area contributed by atoms with Gasteiger partial charge in [0.25, 0.3) is 5.91 Å². The summed E-state index contributed by atoms with van der Waals surface area (Å²) in [5.74, 6) is 5.62. The Kier molecular flexibility index (Phi) is 4.98. The molecule has 1 aliphatic rings. The van der Waals surface area contributed by atoms with Gasteiger partial charge in [0.2, 0.25) is 0 Å². The van der Waals surface area contributed by atoms with Crippen LogP contribution < -0.4 is 0 Å². The number of halogens is 1. The third kappa shape index (κ3) is 3.62. The van der Waals surface area contributed by atoms with Gasteiger partial charge in [-0.2, -0.15) is 0 Å². The molecule has 1 unspecified atom stereocenters. The molecule has 0 spiro atoms. The van der Waals surface area contributed by atoms with Crippen LogP contribution in [0.1, 0.15) is 36.2 Å². The summed E-state index contributed by atoms with van der Waals surface area (Å²) in [4.78, 5) is 14.3. The Hall–Kier alpha value is -1.86. The zero-order chi connectivity index (χ0) is 15.4. The fraction of sp³-hybridized carbons (Fsp3) is 0.471. The summed E-state index contributed by atoms with van der Waals surface area (Å²) in [5, 5.41) is 8.78. The summed E-state index contributed by atoms with van der Waals surface area (Å²) < 4.78 is 13.5. The van der Waals surface area contributed by atoms with E-state index in [2.05, 4.69) is 25.7 Å². The van der Waals surface area contributed by atoms with E-state index in [0.29, 0.717) is 30.5 Å². The molecule has 1 heterocycles. The highest BCUT2D eigenvalue weighted by Crippen LogP contribution is 2.25. The van der Waals surface area contributed by atoms with Crippen molar-refractivity contribution in [1.29, 1.82) is 0 Å². The molecular weight excluding hydrogens is 269 g/mol. The van der Waals surface area contributed by atoms with Crippen LogP contribution >= 0.6 is 0 Å². The van der Waals surface area contributed by atoms with E-state index < -0.39 is 5.82 Å². The normalized spacial score (nSPS) is 17.8. The fourth-order valence-electron chi connectivity index (χ4n) is 2.62. The molecule has 0 saturated carbocycles. The first-order chi connectivity index (χ1) is 10.0. The Morgan fingerprint density at radius 2 is 2.29 bits per heavy atom. The number of carbonyl (C=O) groups is 1. The van der Waals surface area contributed by atoms with Crippen LogP contribution in [-0.2, 0) is 0 Å². The van der Waals surface area contributed by atoms with Crippen LogP contribution in [0.2, 0.25) is 0 Å². The van der Waals surface area contributed by atoms with Crippen molar-refractivity contribution in [3.63, 3.8) is 0 Å². The first-order valence-corrected chi connectivity index (χ1v) is 7.21. The minimum Gasteiger partial charge on any atom is -0.384 e. The number of rotatable bonds is 2. The lowest BCUT2D eigenvalue weighted by Gasteiger charge is -2.19. The predicted octanol–water partition coefficient (Wildman–Crippen LogP) is 2.29. The van der Waals surface area contributed by atoms with Gasteiger partial charge in [-0.3, -0.25) is 4.79 Å². The number of likely N-dealkylation sites (tertiary alicyclic amines) is 1. The van der Waals surface area contributed by atoms with Gasteiger partial charge in [0, 0.05) is 18.7 Å². The third-order valence-corrected chi connectivity index (χ3v) is 3.97. The molecule has 1 atom stereocenters. The first kappa shape index (κ1) is 15.5. The third-order valence-electron chi connectivity index (χ3n) is 3.97. The highest BCUT2D eigenvalue weighted by atomic mass is 19.1. The lowest BCUT2D eigenvalue weighted by Crippen LogP contribution is -2.30. The molecule has 1 amide bonds. The zero-order valence-corrected chi connectivity index (χ0v) is 12.4. The van der Waals surface area contributed by atoms with Crippen LogP contribution in [0.4, 0.5) is 4.39 Å². The van der Waals surface area contributed by atoms with Crippen LogP contribution in [0, 0.1) is 29.5 Å². The monoisotopic (exact) mass is 289 g/mol. The van der Waals surface area contributed by atoms with E-state index in [9.17, 15) is 9.18 Å². The molecule has 1 aromatic rings. The molecule has 0 aromatic heterocycles. The highest BCUT2D eigenvalue weighted by Gasteiger charge is 2.29. The molecule has 112 valence electrons. The van der Waals surface area contributed by atoms with Gasteiger partial charge in [-0.15, -0.1) is 0 Å². The highest BCUT2D eigenvalue weighted by molar-refractivity contribution is 5.97. The number of aliphatic hydroxyl groups excluding tert-OH is 1. The lowest BCUT2D eigenvalue weighted by molar-refractivity contribution is 0.0783. The molecule has 1 fully saturated rings. The Morgan fingerprint density at radius 3 is 2.90 bits per heavy atom. The molecule has 1 N–H and O–H groups in total. The van der Waals surface area contributed by atoms with Gasteiger partial charge < -0.3 is 10.0 Å². The fourth-order valence-corrected chi connectivity index (χ4v) is 2.62. The van der Waals surface area contributed by atoms with Crippen molar-refractivity contribution in [3.8, 4) is 11.8 Å². The maximum Gasteiger partial charge on any atom is 0.255 e. The van der Waals surface area contributed by atoms with Crippen LogP contribution in [0.15, 0.2) is 18.2 Å². The molecular formula is C17H20FNO2. The number of hydrogen-bond donors (Lipinski definition) is 1. The quantitative estimate of drug-likeness (QED) is 0.849. The van der Waals surface area contributed by atoms with Crippen molar-refractivity contribution in [2.45, 2.75) is 20.3 Å². The smallest absolute Gasteiger partial charge is 0.255 e. The minimum absolute atomic E-state index is 0.181. The molecule has 21 heavy (non-hydrogen) atoms. The van der Waals surface area contributed by atoms with Gasteiger partial charge in [-0.1, -0.05) is 25.7 Å². The summed E-state index contributed by atoms with van der Waals surface area (Å²) in [6.07, 6.45) is 0.983. The maximum absolute atomic E-state index is 13.5. The predicted molar refractivity (Wildman–Crippen MR) is 79.2 cm³/mol. The average Bonchev–Trinajstić information content (AvgIpc) is 2.95. The second-order valence-electron chi connectivity index (χ2n) is 5.69. The molecule has 0 aliphatic carbocycles. The molecule has 1 aliphatic heterocycles. The summed E-state index contributed by atoms with van der Waals surface area (Å²) in [6.45, 7) is 5.42. The molecule has 3 nitrogen and oxygen atoms in total. The van der Waals surface area contributed by atoms with Crippen molar-refractivity contribution in [3.05, 3.63) is 35.1 Å². The van der Waals surface area contributed by atoms with E-state index in [0.717, 1.165) is 6.42 Å². The lowest BCUT2D eigenvalue weighted by atomic mass is 9.95. The van der Waals surface area contributed by atoms with Gasteiger partial charge >= 0.3 is 0 Å². The van der Waals surface area contributed by atoms with E-state index in [1.165, 1.54) is 18.2 Å². The number of amides is 1. The number of carbonyl (C=O) groups excluding carboxylic acids is 1. The summed E-state index contributed by atoms with van der Waals surface area (Å²) in [7, 11) is 0.